The Balaban J connectivity index is 1.37. The molecule has 2 aliphatic rings. The largest absolute Gasteiger partial charge is 0.433 e. The molecule has 3 aromatic heterocycles. The lowest BCUT2D eigenvalue weighted by Gasteiger charge is -2.48. The van der Waals surface area contributed by atoms with Gasteiger partial charge in [0, 0.05) is 44.2 Å². The van der Waals surface area contributed by atoms with Gasteiger partial charge in [-0.25, -0.2) is 9.97 Å². The Hall–Kier alpha value is -3.18. The van der Waals surface area contributed by atoms with Crippen molar-refractivity contribution in [3.63, 3.8) is 0 Å². The van der Waals surface area contributed by atoms with E-state index in [1.807, 2.05) is 11.8 Å². The fourth-order valence-corrected chi connectivity index (χ4v) is 4.73. The number of alkyl halides is 3. The summed E-state index contributed by atoms with van der Waals surface area (Å²) in [5.74, 6) is 1.01. The predicted molar refractivity (Wildman–Crippen MR) is 112 cm³/mol. The SMILES string of the molecule is CCCn1c(N2CCC3(CN(c4cc(C(F)(F)F)nc(C)n4)C3)C2)nc2[nH]ncc2c1=O. The zero-order chi connectivity index (χ0) is 22.7. The molecule has 1 N–H and O–H groups in total. The minimum atomic E-state index is -4.50. The lowest BCUT2D eigenvalue weighted by atomic mass is 9.79. The molecular weight excluding hydrogens is 425 g/mol. The number of H-pyrrole nitrogens is 1. The summed E-state index contributed by atoms with van der Waals surface area (Å²) in [7, 11) is 0. The van der Waals surface area contributed by atoms with Gasteiger partial charge in [0.05, 0.1) is 6.20 Å². The monoisotopic (exact) mass is 448 g/mol. The Kier molecular flexibility index (Phi) is 4.64. The van der Waals surface area contributed by atoms with Crippen LogP contribution in [0.15, 0.2) is 17.1 Å². The second kappa shape index (κ2) is 7.17. The lowest BCUT2D eigenvalue weighted by molar-refractivity contribution is -0.141. The van der Waals surface area contributed by atoms with Crippen LogP contribution in [0.1, 0.15) is 31.3 Å². The number of nitrogens with zero attached hydrogens (tertiary/aromatic N) is 7. The number of aromatic nitrogens is 6. The number of anilines is 2. The highest BCUT2D eigenvalue weighted by molar-refractivity contribution is 5.74. The van der Waals surface area contributed by atoms with Gasteiger partial charge in [-0.2, -0.15) is 23.3 Å². The smallest absolute Gasteiger partial charge is 0.355 e. The first-order valence-corrected chi connectivity index (χ1v) is 10.6. The Bertz CT molecular complexity index is 1230. The van der Waals surface area contributed by atoms with E-state index in [9.17, 15) is 18.0 Å². The van der Waals surface area contributed by atoms with Crippen LogP contribution >= 0.6 is 0 Å². The van der Waals surface area contributed by atoms with Gasteiger partial charge in [0.15, 0.2) is 5.65 Å². The van der Waals surface area contributed by atoms with Crippen molar-refractivity contribution in [3.8, 4) is 0 Å². The van der Waals surface area contributed by atoms with Crippen molar-refractivity contribution in [2.24, 2.45) is 5.41 Å². The lowest BCUT2D eigenvalue weighted by Crippen LogP contribution is -2.58. The van der Waals surface area contributed by atoms with Gasteiger partial charge in [-0.15, -0.1) is 0 Å². The molecular formula is C20H23F3N8O. The van der Waals surface area contributed by atoms with Crippen LogP contribution in [0.2, 0.25) is 0 Å². The van der Waals surface area contributed by atoms with E-state index in [2.05, 4.69) is 30.0 Å². The molecule has 3 aromatic rings. The quantitative estimate of drug-likeness (QED) is 0.655. The highest BCUT2D eigenvalue weighted by Gasteiger charge is 2.49. The van der Waals surface area contributed by atoms with Gasteiger partial charge in [-0.3, -0.25) is 14.5 Å². The zero-order valence-electron chi connectivity index (χ0n) is 17.8. The zero-order valence-corrected chi connectivity index (χ0v) is 17.8. The van der Waals surface area contributed by atoms with Crippen molar-refractivity contribution in [1.82, 2.24) is 29.7 Å². The molecule has 0 amide bonds. The molecule has 0 unspecified atom stereocenters. The average molecular weight is 448 g/mol. The molecule has 0 radical (unpaired) electrons. The number of aryl methyl sites for hydroxylation is 1. The Morgan fingerprint density at radius 3 is 2.62 bits per heavy atom. The summed E-state index contributed by atoms with van der Waals surface area (Å²) in [4.78, 5) is 29.3. The minimum absolute atomic E-state index is 0.0744. The van der Waals surface area contributed by atoms with Crippen LogP contribution in [0.3, 0.4) is 0 Å². The third kappa shape index (κ3) is 3.37. The topological polar surface area (TPSA) is 95.8 Å². The number of fused-ring (bicyclic) bond motifs is 1. The fourth-order valence-electron chi connectivity index (χ4n) is 4.73. The van der Waals surface area contributed by atoms with Gasteiger partial charge in [-0.05, 0) is 19.8 Å². The van der Waals surface area contributed by atoms with Crippen LogP contribution in [0.5, 0.6) is 0 Å². The molecule has 32 heavy (non-hydrogen) atoms. The number of hydrogen-bond acceptors (Lipinski definition) is 7. The molecule has 2 aliphatic heterocycles. The molecule has 12 heteroatoms. The summed E-state index contributed by atoms with van der Waals surface area (Å²) in [5.41, 5.74) is -0.651. The molecule has 0 aromatic carbocycles. The molecule has 5 rings (SSSR count). The van der Waals surface area contributed by atoms with E-state index < -0.39 is 11.9 Å². The van der Waals surface area contributed by atoms with E-state index in [4.69, 9.17) is 0 Å². The van der Waals surface area contributed by atoms with Gasteiger partial charge in [-0.1, -0.05) is 6.92 Å². The molecule has 0 atom stereocenters. The Morgan fingerprint density at radius 1 is 1.16 bits per heavy atom. The molecule has 9 nitrogen and oxygen atoms in total. The molecule has 1 spiro atoms. The summed E-state index contributed by atoms with van der Waals surface area (Å²) in [6.45, 7) is 6.62. The van der Waals surface area contributed by atoms with E-state index in [0.29, 0.717) is 49.0 Å². The number of hydrogen-bond donors (Lipinski definition) is 1. The summed E-state index contributed by atoms with van der Waals surface area (Å²) >= 11 is 0. The van der Waals surface area contributed by atoms with Crippen LogP contribution in [-0.2, 0) is 12.7 Å². The van der Waals surface area contributed by atoms with Crippen LogP contribution in [-0.4, -0.2) is 55.9 Å². The highest BCUT2D eigenvalue weighted by Crippen LogP contribution is 2.43. The molecule has 0 bridgehead atoms. The standard InChI is InChI=1S/C20H23F3N8O/c1-3-5-31-17(32)13-8-24-28-16(13)27-18(31)29-6-4-19(9-29)10-30(11-19)15-7-14(20(21,22)23)25-12(2)26-15/h7-8H,3-6,9-11H2,1-2H3,(H,24,28). The van der Waals surface area contributed by atoms with Crippen LogP contribution in [0.4, 0.5) is 24.9 Å². The highest BCUT2D eigenvalue weighted by atomic mass is 19.4. The Morgan fingerprint density at radius 2 is 1.91 bits per heavy atom. The fraction of sp³-hybridized carbons (Fsp3) is 0.550. The first kappa shape index (κ1) is 20.7. The third-order valence-corrected chi connectivity index (χ3v) is 6.21. The first-order valence-electron chi connectivity index (χ1n) is 10.6. The van der Waals surface area contributed by atoms with Gasteiger partial charge in [0.25, 0.3) is 5.56 Å². The van der Waals surface area contributed by atoms with E-state index in [1.165, 1.54) is 13.1 Å². The third-order valence-electron chi connectivity index (χ3n) is 6.21. The van der Waals surface area contributed by atoms with Crippen molar-refractivity contribution in [3.05, 3.63) is 34.1 Å². The second-order valence-corrected chi connectivity index (χ2v) is 8.68. The van der Waals surface area contributed by atoms with Gasteiger partial charge < -0.3 is 9.80 Å². The van der Waals surface area contributed by atoms with Gasteiger partial charge in [0.2, 0.25) is 5.95 Å². The van der Waals surface area contributed by atoms with Crippen molar-refractivity contribution in [2.45, 2.75) is 39.4 Å². The van der Waals surface area contributed by atoms with E-state index >= 15 is 0 Å². The minimum Gasteiger partial charge on any atom is -0.355 e. The van der Waals surface area contributed by atoms with Crippen LogP contribution in [0, 0.1) is 12.3 Å². The average Bonchev–Trinajstić information content (AvgIpc) is 3.35. The maximum absolute atomic E-state index is 13.1. The molecule has 2 fully saturated rings. The molecule has 170 valence electrons. The summed E-state index contributed by atoms with van der Waals surface area (Å²) in [5, 5.41) is 7.19. The molecule has 0 saturated carbocycles. The van der Waals surface area contributed by atoms with E-state index in [0.717, 1.165) is 25.5 Å². The van der Waals surface area contributed by atoms with Crippen molar-refractivity contribution in [2.75, 3.05) is 36.0 Å². The second-order valence-electron chi connectivity index (χ2n) is 8.68. The first-order chi connectivity index (χ1) is 15.2. The number of nitrogens with one attached hydrogen (secondary N) is 1. The summed E-state index contributed by atoms with van der Waals surface area (Å²) in [6.07, 6.45) is -1.36. The van der Waals surface area contributed by atoms with Gasteiger partial charge in [0.1, 0.15) is 22.7 Å². The van der Waals surface area contributed by atoms with Crippen molar-refractivity contribution < 1.29 is 13.2 Å². The van der Waals surface area contributed by atoms with Crippen LogP contribution < -0.4 is 15.4 Å². The predicted octanol–water partition coefficient (Wildman–Crippen LogP) is 2.36. The normalized spacial score (nSPS) is 18.0. The van der Waals surface area contributed by atoms with Crippen molar-refractivity contribution >= 4 is 22.8 Å². The number of halogens is 3. The summed E-state index contributed by atoms with van der Waals surface area (Å²) < 4.78 is 41.1. The number of aromatic amines is 1. The van der Waals surface area contributed by atoms with E-state index in [1.54, 1.807) is 4.57 Å². The Labute approximate surface area is 181 Å². The maximum Gasteiger partial charge on any atom is 0.433 e. The van der Waals surface area contributed by atoms with Crippen LogP contribution in [0.25, 0.3) is 11.0 Å². The van der Waals surface area contributed by atoms with E-state index in [-0.39, 0.29) is 16.8 Å². The molecule has 2 saturated heterocycles. The number of rotatable bonds is 4. The van der Waals surface area contributed by atoms with Gasteiger partial charge >= 0.3 is 6.18 Å². The molecule has 5 heterocycles. The summed E-state index contributed by atoms with van der Waals surface area (Å²) in [6, 6.07) is 1.01. The maximum atomic E-state index is 13.1. The molecule has 0 aliphatic carbocycles. The van der Waals surface area contributed by atoms with Crippen molar-refractivity contribution in [1.29, 1.82) is 0 Å².